The van der Waals surface area contributed by atoms with E-state index in [2.05, 4.69) is 0 Å². The van der Waals surface area contributed by atoms with Crippen LogP contribution in [0, 0.1) is 0 Å². The molecular weight excluding hydrogens is 278 g/mol. The summed E-state index contributed by atoms with van der Waals surface area (Å²) in [5, 5.41) is 0. The molecule has 6 heteroatoms. The minimum atomic E-state index is -3.22. The summed E-state index contributed by atoms with van der Waals surface area (Å²) < 4.78 is 35.1. The lowest BCUT2D eigenvalue weighted by Crippen LogP contribution is -2.21. The Morgan fingerprint density at radius 3 is 2.85 bits per heavy atom. The van der Waals surface area contributed by atoms with Crippen LogP contribution in [0.5, 0.6) is 5.75 Å². The summed E-state index contributed by atoms with van der Waals surface area (Å²) in [6.45, 7) is 1.04. The number of benzene rings is 1. The maximum atomic E-state index is 12.3. The van der Waals surface area contributed by atoms with Gasteiger partial charge in [-0.25, -0.2) is 8.42 Å². The van der Waals surface area contributed by atoms with Gasteiger partial charge in [-0.1, -0.05) is 6.07 Å². The van der Waals surface area contributed by atoms with Crippen molar-refractivity contribution >= 4 is 9.84 Å². The molecule has 1 aliphatic rings. The van der Waals surface area contributed by atoms with Crippen LogP contribution in [0.1, 0.15) is 24.0 Å². The number of hydrogen-bond acceptors (Lipinski definition) is 5. The normalized spacial score (nSPS) is 19.2. The topological polar surface area (TPSA) is 78.6 Å². The Bertz CT molecular complexity index is 550. The first-order valence-corrected chi connectivity index (χ1v) is 8.54. The summed E-state index contributed by atoms with van der Waals surface area (Å²) in [4.78, 5) is 0. The second kappa shape index (κ2) is 6.56. The van der Waals surface area contributed by atoms with Crippen LogP contribution in [-0.4, -0.2) is 34.0 Å². The minimum Gasteiger partial charge on any atom is -0.496 e. The minimum absolute atomic E-state index is 0.0378. The first-order chi connectivity index (χ1) is 9.54. The highest BCUT2D eigenvalue weighted by Gasteiger charge is 2.24. The van der Waals surface area contributed by atoms with Gasteiger partial charge in [0.1, 0.15) is 5.75 Å². The molecule has 0 bridgehead atoms. The van der Waals surface area contributed by atoms with Crippen LogP contribution in [-0.2, 0) is 26.9 Å². The lowest BCUT2D eigenvalue weighted by atomic mass is 10.1. The molecule has 1 heterocycles. The molecule has 5 nitrogen and oxygen atoms in total. The van der Waals surface area contributed by atoms with E-state index in [4.69, 9.17) is 15.2 Å². The van der Waals surface area contributed by atoms with Crippen molar-refractivity contribution in [2.45, 2.75) is 31.2 Å². The van der Waals surface area contributed by atoms with Gasteiger partial charge in [0.25, 0.3) is 0 Å². The summed E-state index contributed by atoms with van der Waals surface area (Å²) in [6, 6.07) is 5.40. The molecule has 0 aromatic heterocycles. The van der Waals surface area contributed by atoms with Gasteiger partial charge in [-0.3, -0.25) is 0 Å². The molecule has 0 aliphatic carbocycles. The van der Waals surface area contributed by atoms with Crippen LogP contribution in [0.25, 0.3) is 0 Å². The van der Waals surface area contributed by atoms with Crippen LogP contribution in [0.15, 0.2) is 18.2 Å². The summed E-state index contributed by atoms with van der Waals surface area (Å²) in [7, 11) is -1.69. The predicted octanol–water partition coefficient (Wildman–Crippen LogP) is 1.25. The van der Waals surface area contributed by atoms with Crippen molar-refractivity contribution in [2.75, 3.05) is 19.5 Å². The van der Waals surface area contributed by atoms with E-state index in [0.717, 1.165) is 18.4 Å². The van der Waals surface area contributed by atoms with Gasteiger partial charge in [-0.15, -0.1) is 0 Å². The van der Waals surface area contributed by atoms with E-state index in [-0.39, 0.29) is 17.6 Å². The van der Waals surface area contributed by atoms with E-state index in [1.807, 2.05) is 6.07 Å². The predicted molar refractivity (Wildman–Crippen MR) is 77.4 cm³/mol. The van der Waals surface area contributed by atoms with E-state index in [1.165, 1.54) is 7.11 Å². The Hall–Kier alpha value is -1.11. The third-order valence-electron chi connectivity index (χ3n) is 3.42. The summed E-state index contributed by atoms with van der Waals surface area (Å²) in [6.07, 6.45) is 1.59. The SMILES string of the molecule is COc1ccc(CN)cc1CS(=O)(=O)CC1CCCO1. The van der Waals surface area contributed by atoms with Crippen LogP contribution in [0.2, 0.25) is 0 Å². The standard InChI is InChI=1S/C14H21NO4S/c1-18-14-5-4-11(8-15)7-12(14)9-20(16,17)10-13-3-2-6-19-13/h4-5,7,13H,2-3,6,8-10,15H2,1H3. The summed E-state index contributed by atoms with van der Waals surface area (Å²) >= 11 is 0. The number of rotatable bonds is 6. The first-order valence-electron chi connectivity index (χ1n) is 6.72. The molecule has 1 atom stereocenters. The Balaban J connectivity index is 2.14. The van der Waals surface area contributed by atoms with Gasteiger partial charge in [0.05, 0.1) is 24.7 Å². The average molecular weight is 299 g/mol. The van der Waals surface area contributed by atoms with Crippen molar-refractivity contribution in [1.29, 1.82) is 0 Å². The first kappa shape index (κ1) is 15.3. The third kappa shape index (κ3) is 3.94. The monoisotopic (exact) mass is 299 g/mol. The van der Waals surface area contributed by atoms with E-state index < -0.39 is 9.84 Å². The van der Waals surface area contributed by atoms with Crippen LogP contribution < -0.4 is 10.5 Å². The molecule has 20 heavy (non-hydrogen) atoms. The molecule has 1 aromatic carbocycles. The fraction of sp³-hybridized carbons (Fsp3) is 0.571. The second-order valence-corrected chi connectivity index (χ2v) is 7.15. The molecule has 1 aliphatic heterocycles. The zero-order valence-electron chi connectivity index (χ0n) is 11.7. The highest BCUT2D eigenvalue weighted by molar-refractivity contribution is 7.90. The molecular formula is C14H21NO4S. The lowest BCUT2D eigenvalue weighted by Gasteiger charge is -2.13. The van der Waals surface area contributed by atoms with Crippen LogP contribution in [0.3, 0.4) is 0 Å². The fourth-order valence-electron chi connectivity index (χ4n) is 2.43. The van der Waals surface area contributed by atoms with Gasteiger partial charge in [0, 0.05) is 18.7 Å². The summed E-state index contributed by atoms with van der Waals surface area (Å²) in [5.74, 6) is 0.616. The largest absolute Gasteiger partial charge is 0.496 e. The summed E-state index contributed by atoms with van der Waals surface area (Å²) in [5.41, 5.74) is 7.15. The molecule has 1 saturated heterocycles. The number of methoxy groups -OCH3 is 1. The number of nitrogens with two attached hydrogens (primary N) is 1. The zero-order chi connectivity index (χ0) is 14.6. The highest BCUT2D eigenvalue weighted by atomic mass is 32.2. The van der Waals surface area contributed by atoms with Crippen LogP contribution >= 0.6 is 0 Å². The van der Waals surface area contributed by atoms with Crippen molar-refractivity contribution in [3.63, 3.8) is 0 Å². The number of sulfone groups is 1. The maximum absolute atomic E-state index is 12.3. The van der Waals surface area contributed by atoms with E-state index >= 15 is 0 Å². The molecule has 2 rings (SSSR count). The number of ether oxygens (including phenoxy) is 2. The maximum Gasteiger partial charge on any atom is 0.157 e. The third-order valence-corrected chi connectivity index (χ3v) is 5.05. The fourth-order valence-corrected chi connectivity index (χ4v) is 4.07. The molecule has 1 fully saturated rings. The lowest BCUT2D eigenvalue weighted by molar-refractivity contribution is 0.127. The average Bonchev–Trinajstić information content (AvgIpc) is 2.90. The zero-order valence-corrected chi connectivity index (χ0v) is 12.5. The molecule has 1 unspecified atom stereocenters. The number of hydrogen-bond donors (Lipinski definition) is 1. The molecule has 2 N–H and O–H groups in total. The van der Waals surface area contributed by atoms with Gasteiger partial charge in [0.15, 0.2) is 9.84 Å². The van der Waals surface area contributed by atoms with Gasteiger partial charge in [-0.05, 0) is 30.5 Å². The molecule has 112 valence electrons. The Labute approximate surface area is 120 Å². The van der Waals surface area contributed by atoms with E-state index in [9.17, 15) is 8.42 Å². The molecule has 0 spiro atoms. The van der Waals surface area contributed by atoms with Gasteiger partial charge >= 0.3 is 0 Å². The Morgan fingerprint density at radius 1 is 1.45 bits per heavy atom. The van der Waals surface area contributed by atoms with Crippen molar-refractivity contribution in [3.05, 3.63) is 29.3 Å². The smallest absolute Gasteiger partial charge is 0.157 e. The van der Waals surface area contributed by atoms with Crippen LogP contribution in [0.4, 0.5) is 0 Å². The second-order valence-electron chi connectivity index (χ2n) is 5.04. The molecule has 0 saturated carbocycles. The van der Waals surface area contributed by atoms with Crippen molar-refractivity contribution in [2.24, 2.45) is 5.73 Å². The Morgan fingerprint density at radius 2 is 2.25 bits per heavy atom. The van der Waals surface area contributed by atoms with Crippen molar-refractivity contribution < 1.29 is 17.9 Å². The molecule has 0 radical (unpaired) electrons. The quantitative estimate of drug-likeness (QED) is 0.855. The molecule has 1 aromatic rings. The highest BCUT2D eigenvalue weighted by Crippen LogP contribution is 2.24. The van der Waals surface area contributed by atoms with Gasteiger partial charge in [0.2, 0.25) is 0 Å². The van der Waals surface area contributed by atoms with Crippen molar-refractivity contribution in [3.8, 4) is 5.75 Å². The van der Waals surface area contributed by atoms with Crippen molar-refractivity contribution in [1.82, 2.24) is 0 Å². The van der Waals surface area contributed by atoms with Gasteiger partial charge in [-0.2, -0.15) is 0 Å². The van der Waals surface area contributed by atoms with Gasteiger partial charge < -0.3 is 15.2 Å². The molecule has 0 amide bonds. The Kier molecular flexibility index (Phi) is 5.01. The van der Waals surface area contributed by atoms with E-state index in [1.54, 1.807) is 12.1 Å². The van der Waals surface area contributed by atoms with E-state index in [0.29, 0.717) is 24.5 Å².